The number of Topliss-reactive ketones (excluding diaryl/α,β-unsaturated/α-hetero) is 1. The lowest BCUT2D eigenvalue weighted by Gasteiger charge is -2.12. The van der Waals surface area contributed by atoms with Crippen LogP contribution in [0.25, 0.3) is 0 Å². The second-order valence-electron chi connectivity index (χ2n) is 3.07. The Labute approximate surface area is 102 Å². The van der Waals surface area contributed by atoms with Crippen molar-refractivity contribution < 1.29 is 9.90 Å². The Morgan fingerprint density at radius 3 is 2.40 bits per heavy atom. The molecule has 1 aromatic carbocycles. The van der Waals surface area contributed by atoms with Crippen LogP contribution in [0.4, 0.5) is 0 Å². The number of halogens is 2. The van der Waals surface area contributed by atoms with Gasteiger partial charge in [0.15, 0.2) is 5.78 Å². The van der Waals surface area contributed by atoms with Crippen LogP contribution in [0.2, 0.25) is 5.02 Å². The molecule has 2 nitrogen and oxygen atoms in total. The molecule has 1 N–H and O–H groups in total. The molecule has 15 heavy (non-hydrogen) atoms. The van der Waals surface area contributed by atoms with Crippen molar-refractivity contribution in [3.05, 3.63) is 45.4 Å². The van der Waals surface area contributed by atoms with E-state index in [2.05, 4.69) is 15.9 Å². The second-order valence-corrected chi connectivity index (χ2v) is 3.97. The molecule has 0 fully saturated rings. The third-order valence-corrected chi connectivity index (χ3v) is 2.75. The first-order valence-corrected chi connectivity index (χ1v) is 5.60. The molecule has 0 aliphatic rings. The van der Waals surface area contributed by atoms with Crippen molar-refractivity contribution in [1.82, 2.24) is 0 Å². The summed E-state index contributed by atoms with van der Waals surface area (Å²) < 4.78 is 0. The van der Waals surface area contributed by atoms with E-state index in [1.807, 2.05) is 0 Å². The van der Waals surface area contributed by atoms with Gasteiger partial charge in [-0.15, -0.1) is 0 Å². The van der Waals surface area contributed by atoms with Crippen molar-refractivity contribution in [3.8, 4) is 0 Å². The van der Waals surface area contributed by atoms with Gasteiger partial charge in [-0.1, -0.05) is 39.7 Å². The molecule has 0 aliphatic heterocycles. The van der Waals surface area contributed by atoms with Gasteiger partial charge in [-0.3, -0.25) is 4.79 Å². The van der Waals surface area contributed by atoms with Crippen LogP contribution in [0.15, 0.2) is 34.8 Å². The molecule has 0 amide bonds. The van der Waals surface area contributed by atoms with Gasteiger partial charge in [0.2, 0.25) is 0 Å². The number of carbonyl (C=O) groups excluding carboxylic acids is 1. The van der Waals surface area contributed by atoms with Crippen LogP contribution in [0.1, 0.15) is 18.6 Å². The highest BCUT2D eigenvalue weighted by atomic mass is 79.9. The van der Waals surface area contributed by atoms with Gasteiger partial charge in [0.25, 0.3) is 0 Å². The third kappa shape index (κ3) is 3.16. The topological polar surface area (TPSA) is 37.3 Å². The Morgan fingerprint density at radius 2 is 2.00 bits per heavy atom. The maximum atomic E-state index is 11.2. The molecule has 0 radical (unpaired) electrons. The van der Waals surface area contributed by atoms with E-state index in [9.17, 15) is 9.90 Å². The fraction of sp³-hybridized carbons (Fsp3) is 0.182. The number of aliphatic hydroxyl groups excluding tert-OH is 1. The van der Waals surface area contributed by atoms with E-state index in [4.69, 9.17) is 11.6 Å². The summed E-state index contributed by atoms with van der Waals surface area (Å²) >= 11 is 8.78. The van der Waals surface area contributed by atoms with Crippen LogP contribution in [0.5, 0.6) is 0 Å². The van der Waals surface area contributed by atoms with Crippen LogP contribution < -0.4 is 0 Å². The number of ketones is 1. The molecule has 0 aromatic heterocycles. The first-order valence-electron chi connectivity index (χ1n) is 4.31. The van der Waals surface area contributed by atoms with Gasteiger partial charge in [0, 0.05) is 10.6 Å². The van der Waals surface area contributed by atoms with Crippen LogP contribution in [0.3, 0.4) is 0 Å². The van der Waals surface area contributed by atoms with Gasteiger partial charge < -0.3 is 5.11 Å². The number of aliphatic hydroxyl groups is 1. The molecule has 0 saturated heterocycles. The minimum Gasteiger partial charge on any atom is -0.384 e. The molecule has 0 saturated carbocycles. The summed E-state index contributed by atoms with van der Waals surface area (Å²) in [5.74, 6) is -0.172. The van der Waals surface area contributed by atoms with Crippen molar-refractivity contribution in [2.75, 3.05) is 0 Å². The normalized spacial score (nSPS) is 13.7. The fourth-order valence-electron chi connectivity index (χ4n) is 1.15. The largest absolute Gasteiger partial charge is 0.384 e. The standard InChI is InChI=1S/C11H10BrClO2/c1-7(14)10(6-12)11(15)8-2-4-9(13)5-3-8/h2-6,11,15H,1H3/b10-6+. The lowest BCUT2D eigenvalue weighted by atomic mass is 10.0. The van der Waals surface area contributed by atoms with Crippen LogP contribution in [-0.2, 0) is 4.79 Å². The number of hydrogen-bond acceptors (Lipinski definition) is 2. The number of hydrogen-bond donors (Lipinski definition) is 1. The maximum Gasteiger partial charge on any atom is 0.159 e. The van der Waals surface area contributed by atoms with Gasteiger partial charge >= 0.3 is 0 Å². The molecule has 0 spiro atoms. The Hall–Kier alpha value is -0.640. The zero-order valence-electron chi connectivity index (χ0n) is 8.08. The molecule has 0 aliphatic carbocycles. The highest BCUT2D eigenvalue weighted by molar-refractivity contribution is 9.11. The highest BCUT2D eigenvalue weighted by Crippen LogP contribution is 2.24. The van der Waals surface area contributed by atoms with Gasteiger partial charge in [-0.2, -0.15) is 0 Å². The fourth-order valence-corrected chi connectivity index (χ4v) is 1.85. The van der Waals surface area contributed by atoms with E-state index < -0.39 is 6.10 Å². The summed E-state index contributed by atoms with van der Waals surface area (Å²) in [7, 11) is 0. The van der Waals surface area contributed by atoms with E-state index in [-0.39, 0.29) is 5.78 Å². The third-order valence-electron chi connectivity index (χ3n) is 2.00. The van der Waals surface area contributed by atoms with Crippen molar-refractivity contribution in [3.63, 3.8) is 0 Å². The molecule has 1 atom stereocenters. The quantitative estimate of drug-likeness (QED) is 0.867. The Balaban J connectivity index is 2.98. The summed E-state index contributed by atoms with van der Waals surface area (Å²) in [5, 5.41) is 10.5. The first kappa shape index (κ1) is 12.4. The van der Waals surface area contributed by atoms with Crippen molar-refractivity contribution in [2.45, 2.75) is 13.0 Å². The summed E-state index contributed by atoms with van der Waals surface area (Å²) in [5.41, 5.74) is 0.956. The second kappa shape index (κ2) is 5.45. The summed E-state index contributed by atoms with van der Waals surface area (Å²) in [6, 6.07) is 6.72. The van der Waals surface area contributed by atoms with Gasteiger partial charge in [-0.25, -0.2) is 0 Å². The van der Waals surface area contributed by atoms with Crippen LogP contribution >= 0.6 is 27.5 Å². The Kier molecular flexibility index (Phi) is 4.51. The molecule has 0 heterocycles. The predicted octanol–water partition coefficient (Wildman–Crippen LogP) is 3.24. The SMILES string of the molecule is CC(=O)/C(=C\Br)C(O)c1ccc(Cl)cc1. The Bertz CT molecular complexity index is 384. The molecule has 4 heteroatoms. The van der Waals surface area contributed by atoms with Gasteiger partial charge in [0.1, 0.15) is 6.10 Å². The van der Waals surface area contributed by atoms with Gasteiger partial charge in [-0.05, 0) is 29.6 Å². The molecule has 0 bridgehead atoms. The average molecular weight is 290 g/mol. The van der Waals surface area contributed by atoms with E-state index in [0.29, 0.717) is 16.2 Å². The van der Waals surface area contributed by atoms with Crippen LogP contribution in [-0.4, -0.2) is 10.9 Å². The maximum absolute atomic E-state index is 11.2. The van der Waals surface area contributed by atoms with Crippen molar-refractivity contribution in [2.24, 2.45) is 0 Å². The number of carbonyl (C=O) groups is 1. The smallest absolute Gasteiger partial charge is 0.159 e. The zero-order valence-corrected chi connectivity index (χ0v) is 10.4. The summed E-state index contributed by atoms with van der Waals surface area (Å²) in [4.78, 5) is 12.6. The van der Waals surface area contributed by atoms with E-state index in [1.54, 1.807) is 24.3 Å². The zero-order chi connectivity index (χ0) is 11.4. The lowest BCUT2D eigenvalue weighted by molar-refractivity contribution is -0.114. The van der Waals surface area contributed by atoms with Crippen LogP contribution in [0, 0.1) is 0 Å². The van der Waals surface area contributed by atoms with Crippen molar-refractivity contribution >= 4 is 33.3 Å². The monoisotopic (exact) mass is 288 g/mol. The van der Waals surface area contributed by atoms with E-state index >= 15 is 0 Å². The first-order chi connectivity index (χ1) is 7.06. The average Bonchev–Trinajstić information content (AvgIpc) is 2.19. The molecule has 1 rings (SSSR count). The summed E-state index contributed by atoms with van der Waals surface area (Å²) in [6.07, 6.45) is -0.917. The lowest BCUT2D eigenvalue weighted by Crippen LogP contribution is -2.07. The van der Waals surface area contributed by atoms with Gasteiger partial charge in [0.05, 0.1) is 0 Å². The van der Waals surface area contributed by atoms with E-state index in [0.717, 1.165) is 0 Å². The van der Waals surface area contributed by atoms with Crippen molar-refractivity contribution in [1.29, 1.82) is 0 Å². The number of rotatable bonds is 3. The van der Waals surface area contributed by atoms with E-state index in [1.165, 1.54) is 11.9 Å². The Morgan fingerprint density at radius 1 is 1.47 bits per heavy atom. The number of benzene rings is 1. The minimum absolute atomic E-state index is 0.172. The molecule has 80 valence electrons. The highest BCUT2D eigenvalue weighted by Gasteiger charge is 2.16. The molecular formula is C11H10BrClO2. The molecular weight excluding hydrogens is 279 g/mol. The molecule has 1 unspecified atom stereocenters. The summed E-state index contributed by atoms with van der Waals surface area (Å²) in [6.45, 7) is 1.41. The minimum atomic E-state index is -0.917. The predicted molar refractivity (Wildman–Crippen MR) is 64.1 cm³/mol. The molecule has 1 aromatic rings.